The Kier molecular flexibility index (Phi) is 5.14. The Morgan fingerprint density at radius 2 is 2.00 bits per heavy atom. The van der Waals surface area contributed by atoms with Crippen LogP contribution in [0.5, 0.6) is 0 Å². The molecule has 0 aliphatic rings. The topological polar surface area (TPSA) is 48.2 Å². The molecule has 0 unspecified atom stereocenters. The minimum absolute atomic E-state index is 0.192. The summed E-state index contributed by atoms with van der Waals surface area (Å²) in [6, 6.07) is 3.83. The highest BCUT2D eigenvalue weighted by molar-refractivity contribution is 7.98. The second-order valence-corrected chi connectivity index (χ2v) is 12.3. The van der Waals surface area contributed by atoms with Gasteiger partial charge in [-0.3, -0.25) is 0 Å². The van der Waals surface area contributed by atoms with Crippen LogP contribution in [0.2, 0.25) is 18.1 Å². The van der Waals surface area contributed by atoms with Crippen LogP contribution in [0.25, 0.3) is 11.5 Å². The van der Waals surface area contributed by atoms with Gasteiger partial charge in [0.05, 0.1) is 12.9 Å². The summed E-state index contributed by atoms with van der Waals surface area (Å²) < 4.78 is 11.9. The monoisotopic (exact) mass is 336 g/mol. The quantitative estimate of drug-likeness (QED) is 0.438. The van der Waals surface area contributed by atoms with Gasteiger partial charge in [0.25, 0.3) is 0 Å². The molecule has 0 amide bonds. The Morgan fingerprint density at radius 3 is 2.64 bits per heavy atom. The lowest BCUT2D eigenvalue weighted by Gasteiger charge is -2.36. The fourth-order valence-electron chi connectivity index (χ4n) is 1.71. The first-order valence-electron chi connectivity index (χ1n) is 7.32. The zero-order valence-corrected chi connectivity index (χ0v) is 16.0. The van der Waals surface area contributed by atoms with Crippen LogP contribution in [-0.2, 0) is 11.0 Å². The molecule has 0 aromatic carbocycles. The van der Waals surface area contributed by atoms with Crippen LogP contribution in [-0.4, -0.2) is 24.5 Å². The van der Waals surface area contributed by atoms with Gasteiger partial charge in [-0.2, -0.15) is 0 Å². The van der Waals surface area contributed by atoms with Gasteiger partial charge in [-0.15, -0.1) is 0 Å². The van der Waals surface area contributed by atoms with Gasteiger partial charge in [-0.05, 0) is 36.5 Å². The normalized spacial score (nSPS) is 12.6. The highest BCUT2D eigenvalue weighted by atomic mass is 32.2. The van der Waals surface area contributed by atoms with Crippen molar-refractivity contribution in [1.82, 2.24) is 9.97 Å². The van der Waals surface area contributed by atoms with Crippen LogP contribution in [0.1, 0.15) is 26.3 Å². The smallest absolute Gasteiger partial charge is 0.192 e. The van der Waals surface area contributed by atoms with Gasteiger partial charge in [0.15, 0.2) is 19.2 Å². The van der Waals surface area contributed by atoms with Crippen molar-refractivity contribution in [1.29, 1.82) is 0 Å². The number of aromatic nitrogens is 2. The van der Waals surface area contributed by atoms with E-state index in [1.165, 1.54) is 11.8 Å². The zero-order valence-electron chi connectivity index (χ0n) is 14.1. The standard InChI is InChI=1S/C16H24N2O2SSi/c1-16(2,3)22(5,6)20-11-12-8-10-19-14(12)13-7-9-17-15(18-13)21-4/h7-10H,11H2,1-6H3. The van der Waals surface area contributed by atoms with Crippen LogP contribution >= 0.6 is 11.8 Å². The molecule has 0 spiro atoms. The van der Waals surface area contributed by atoms with Crippen LogP contribution in [0.15, 0.2) is 34.2 Å². The first-order valence-corrected chi connectivity index (χ1v) is 11.5. The highest BCUT2D eigenvalue weighted by Crippen LogP contribution is 2.37. The maximum Gasteiger partial charge on any atom is 0.192 e. The van der Waals surface area contributed by atoms with Crippen LogP contribution in [0, 0.1) is 0 Å². The molecule has 2 aromatic heterocycles. The Hall–Kier alpha value is -1.11. The van der Waals surface area contributed by atoms with Crippen molar-refractivity contribution >= 4 is 20.1 Å². The second kappa shape index (κ2) is 6.56. The van der Waals surface area contributed by atoms with Crippen LogP contribution < -0.4 is 0 Å². The largest absolute Gasteiger partial charge is 0.462 e. The summed E-state index contributed by atoms with van der Waals surface area (Å²) in [4.78, 5) is 8.70. The number of nitrogens with zero attached hydrogens (tertiary/aromatic N) is 2. The van der Waals surface area contributed by atoms with Gasteiger partial charge in [-0.1, -0.05) is 32.5 Å². The molecule has 2 rings (SSSR count). The molecule has 2 heterocycles. The summed E-state index contributed by atoms with van der Waals surface area (Å²) >= 11 is 1.52. The Bertz CT molecular complexity index is 635. The average Bonchev–Trinajstić information content (AvgIpc) is 2.92. The van der Waals surface area contributed by atoms with Gasteiger partial charge in [0.2, 0.25) is 0 Å². The third kappa shape index (κ3) is 3.80. The van der Waals surface area contributed by atoms with E-state index in [1.54, 1.807) is 12.5 Å². The van der Waals surface area contributed by atoms with E-state index in [2.05, 4.69) is 43.8 Å². The Labute approximate surface area is 137 Å². The van der Waals surface area contributed by atoms with Crippen LogP contribution in [0.4, 0.5) is 0 Å². The van der Waals surface area contributed by atoms with Crippen molar-refractivity contribution < 1.29 is 8.84 Å². The molecule has 0 saturated carbocycles. The molecule has 0 atom stereocenters. The molecule has 120 valence electrons. The molecule has 6 heteroatoms. The number of hydrogen-bond donors (Lipinski definition) is 0. The predicted molar refractivity (Wildman–Crippen MR) is 93.5 cm³/mol. The van der Waals surface area contributed by atoms with E-state index >= 15 is 0 Å². The molecular weight excluding hydrogens is 312 g/mol. The molecule has 4 nitrogen and oxygen atoms in total. The molecule has 0 radical (unpaired) electrons. The van der Waals surface area contributed by atoms with Crippen molar-refractivity contribution in [2.24, 2.45) is 0 Å². The molecule has 0 fully saturated rings. The SMILES string of the molecule is CSc1nccc(-c2occc2CO[Si](C)(C)C(C)(C)C)n1. The molecule has 0 aliphatic heterocycles. The molecule has 22 heavy (non-hydrogen) atoms. The van der Waals surface area contributed by atoms with Crippen molar-refractivity contribution in [2.45, 2.75) is 50.7 Å². The van der Waals surface area contributed by atoms with E-state index in [0.717, 1.165) is 22.2 Å². The molecule has 0 N–H and O–H groups in total. The van der Waals surface area contributed by atoms with Gasteiger partial charge in [0, 0.05) is 11.8 Å². The van der Waals surface area contributed by atoms with Crippen molar-refractivity contribution in [2.75, 3.05) is 6.26 Å². The first-order chi connectivity index (χ1) is 10.2. The zero-order chi connectivity index (χ0) is 16.4. The number of hydrogen-bond acceptors (Lipinski definition) is 5. The summed E-state index contributed by atoms with van der Waals surface area (Å²) in [5.74, 6) is 0.774. The molecule has 0 aliphatic carbocycles. The van der Waals surface area contributed by atoms with Gasteiger partial charge >= 0.3 is 0 Å². The lowest BCUT2D eigenvalue weighted by atomic mass is 10.2. The Balaban J connectivity index is 2.20. The summed E-state index contributed by atoms with van der Waals surface area (Å²) in [5.41, 5.74) is 1.84. The minimum atomic E-state index is -1.78. The summed E-state index contributed by atoms with van der Waals surface area (Å²) in [6.45, 7) is 11.8. The highest BCUT2D eigenvalue weighted by Gasteiger charge is 2.37. The predicted octanol–water partition coefficient (Wildman–Crippen LogP) is 4.98. The van der Waals surface area contributed by atoms with Crippen LogP contribution in [0.3, 0.4) is 0 Å². The Morgan fingerprint density at radius 1 is 1.27 bits per heavy atom. The van der Waals surface area contributed by atoms with Crippen molar-refractivity contribution in [3.63, 3.8) is 0 Å². The summed E-state index contributed by atoms with van der Waals surface area (Å²) in [7, 11) is -1.78. The molecular formula is C16H24N2O2SSi. The lowest BCUT2D eigenvalue weighted by Crippen LogP contribution is -2.40. The maximum atomic E-state index is 6.29. The first kappa shape index (κ1) is 17.2. The van der Waals surface area contributed by atoms with E-state index in [0.29, 0.717) is 6.61 Å². The third-order valence-electron chi connectivity index (χ3n) is 4.19. The molecule has 0 bridgehead atoms. The number of furan rings is 1. The van der Waals surface area contributed by atoms with Gasteiger partial charge in [0.1, 0.15) is 5.69 Å². The average molecular weight is 337 g/mol. The second-order valence-electron chi connectivity index (χ2n) is 6.75. The third-order valence-corrected chi connectivity index (χ3v) is 9.23. The molecule has 2 aromatic rings. The maximum absolute atomic E-state index is 6.29. The minimum Gasteiger partial charge on any atom is -0.462 e. The van der Waals surface area contributed by atoms with E-state index in [9.17, 15) is 0 Å². The van der Waals surface area contributed by atoms with Gasteiger partial charge in [-0.25, -0.2) is 9.97 Å². The van der Waals surface area contributed by atoms with E-state index in [4.69, 9.17) is 8.84 Å². The van der Waals surface area contributed by atoms with E-state index in [-0.39, 0.29) is 5.04 Å². The van der Waals surface area contributed by atoms with Gasteiger partial charge < -0.3 is 8.84 Å². The van der Waals surface area contributed by atoms with Crippen molar-refractivity contribution in [3.05, 3.63) is 30.2 Å². The van der Waals surface area contributed by atoms with Crippen molar-refractivity contribution in [3.8, 4) is 11.5 Å². The summed E-state index contributed by atoms with van der Waals surface area (Å²) in [6.07, 6.45) is 5.42. The lowest BCUT2D eigenvalue weighted by molar-refractivity contribution is 0.276. The molecule has 0 saturated heterocycles. The summed E-state index contributed by atoms with van der Waals surface area (Å²) in [5, 5.41) is 0.933. The number of thioether (sulfide) groups is 1. The van der Waals surface area contributed by atoms with E-state index < -0.39 is 8.32 Å². The van der Waals surface area contributed by atoms with E-state index in [1.807, 2.05) is 18.4 Å². The number of rotatable bonds is 5. The fraction of sp³-hybridized carbons (Fsp3) is 0.500. The fourth-order valence-corrected chi connectivity index (χ4v) is 3.02.